The zero-order chi connectivity index (χ0) is 16.3. The fraction of sp³-hybridized carbons (Fsp3) is 0.812. The molecule has 2 amide bonds. The summed E-state index contributed by atoms with van der Waals surface area (Å²) in [6, 6.07) is 0.142. The molecule has 2 saturated carbocycles. The van der Waals surface area contributed by atoms with Crippen LogP contribution >= 0.6 is 0 Å². The highest BCUT2D eigenvalue weighted by molar-refractivity contribution is 5.74. The van der Waals surface area contributed by atoms with Gasteiger partial charge < -0.3 is 15.4 Å². The van der Waals surface area contributed by atoms with Crippen molar-refractivity contribution in [1.29, 1.82) is 0 Å². The molecule has 2 aliphatic carbocycles. The Hall–Kier alpha value is -1.63. The molecule has 128 valence electrons. The van der Waals surface area contributed by atoms with Crippen LogP contribution < -0.4 is 10.6 Å². The zero-order valence-electron chi connectivity index (χ0n) is 14.0. The fourth-order valence-electron chi connectivity index (χ4n) is 4.17. The monoisotopic (exact) mass is 321 g/mol. The molecule has 1 aromatic heterocycles. The summed E-state index contributed by atoms with van der Waals surface area (Å²) in [7, 11) is 0. The summed E-state index contributed by atoms with van der Waals surface area (Å²) in [5, 5.41) is 10.2. The molecule has 0 radical (unpaired) electrons. The zero-order valence-corrected chi connectivity index (χ0v) is 14.0. The van der Waals surface area contributed by atoms with Crippen LogP contribution in [0.25, 0.3) is 0 Å². The van der Waals surface area contributed by atoms with Crippen LogP contribution in [-0.4, -0.2) is 45.6 Å². The van der Waals surface area contributed by atoms with E-state index >= 15 is 0 Å². The number of nitrogens with one attached hydrogen (secondary N) is 2. The first kappa shape index (κ1) is 16.2. The van der Waals surface area contributed by atoms with Gasteiger partial charge in [-0.1, -0.05) is 12.8 Å². The molecular formula is C16H27N5O2. The molecule has 2 aliphatic rings. The summed E-state index contributed by atoms with van der Waals surface area (Å²) in [6.45, 7) is 5.38. The quantitative estimate of drug-likeness (QED) is 0.836. The molecule has 0 aromatic carbocycles. The van der Waals surface area contributed by atoms with Gasteiger partial charge in [-0.15, -0.1) is 0 Å². The molecule has 1 aromatic rings. The molecule has 0 bridgehead atoms. The number of hydrogen-bond donors (Lipinski definition) is 2. The molecule has 7 nitrogen and oxygen atoms in total. The highest BCUT2D eigenvalue weighted by Crippen LogP contribution is 2.54. The standard InChI is InChI=1S/C16H27N5O2/c1-3-23-14-8-13(16(14)6-4-5-7-16)20-15(22)19-12(2)9-21-11-17-10-18-21/h10-14H,3-9H2,1-2H3,(H2,19,20,22)/t12-,13+,14-/m1/s1. The minimum atomic E-state index is -0.0937. The van der Waals surface area contributed by atoms with E-state index in [-0.39, 0.29) is 23.5 Å². The molecular weight excluding hydrogens is 294 g/mol. The minimum Gasteiger partial charge on any atom is -0.378 e. The lowest BCUT2D eigenvalue weighted by Gasteiger charge is -2.54. The van der Waals surface area contributed by atoms with Crippen molar-refractivity contribution in [3.63, 3.8) is 0 Å². The smallest absolute Gasteiger partial charge is 0.315 e. The van der Waals surface area contributed by atoms with E-state index in [1.807, 2.05) is 13.8 Å². The largest absolute Gasteiger partial charge is 0.378 e. The lowest BCUT2D eigenvalue weighted by Crippen LogP contribution is -2.65. The predicted octanol–water partition coefficient (Wildman–Crippen LogP) is 1.70. The number of carbonyl (C=O) groups is 1. The number of hydrogen-bond acceptors (Lipinski definition) is 4. The van der Waals surface area contributed by atoms with Crippen LogP contribution in [0.4, 0.5) is 4.79 Å². The van der Waals surface area contributed by atoms with Gasteiger partial charge in [0.25, 0.3) is 0 Å². The van der Waals surface area contributed by atoms with E-state index in [0.717, 1.165) is 25.9 Å². The third kappa shape index (κ3) is 3.34. The Morgan fingerprint density at radius 3 is 2.91 bits per heavy atom. The summed E-state index contributed by atoms with van der Waals surface area (Å²) >= 11 is 0. The van der Waals surface area contributed by atoms with Gasteiger partial charge in [-0.05, 0) is 33.1 Å². The predicted molar refractivity (Wildman–Crippen MR) is 85.9 cm³/mol. The van der Waals surface area contributed by atoms with Gasteiger partial charge in [-0.2, -0.15) is 5.10 Å². The van der Waals surface area contributed by atoms with Crippen molar-refractivity contribution in [2.45, 2.75) is 70.7 Å². The molecule has 2 N–H and O–H groups in total. The van der Waals surface area contributed by atoms with E-state index in [9.17, 15) is 4.79 Å². The van der Waals surface area contributed by atoms with Gasteiger partial charge in [0.05, 0.1) is 12.6 Å². The van der Waals surface area contributed by atoms with Crippen molar-refractivity contribution in [3.8, 4) is 0 Å². The first-order chi connectivity index (χ1) is 11.1. The Kier molecular flexibility index (Phi) is 4.84. The summed E-state index contributed by atoms with van der Waals surface area (Å²) in [4.78, 5) is 16.2. The summed E-state index contributed by atoms with van der Waals surface area (Å²) in [5.41, 5.74) is 0.169. The van der Waals surface area contributed by atoms with E-state index in [1.54, 1.807) is 11.0 Å². The second-order valence-electron chi connectivity index (χ2n) is 6.81. The maximum Gasteiger partial charge on any atom is 0.315 e. The van der Waals surface area contributed by atoms with E-state index < -0.39 is 0 Å². The van der Waals surface area contributed by atoms with Crippen molar-refractivity contribution >= 4 is 6.03 Å². The Morgan fingerprint density at radius 1 is 1.48 bits per heavy atom. The maximum absolute atomic E-state index is 12.3. The Bertz CT molecular complexity index is 513. The second-order valence-corrected chi connectivity index (χ2v) is 6.81. The van der Waals surface area contributed by atoms with Crippen LogP contribution in [0.5, 0.6) is 0 Å². The molecule has 7 heteroatoms. The highest BCUT2D eigenvalue weighted by atomic mass is 16.5. The lowest BCUT2D eigenvalue weighted by atomic mass is 9.60. The van der Waals surface area contributed by atoms with Crippen LogP contribution in [0.3, 0.4) is 0 Å². The average molecular weight is 321 g/mol. The second kappa shape index (κ2) is 6.86. The van der Waals surface area contributed by atoms with Gasteiger partial charge in [0, 0.05) is 24.1 Å². The molecule has 1 heterocycles. The summed E-state index contributed by atoms with van der Waals surface area (Å²) in [6.07, 6.45) is 9.21. The summed E-state index contributed by atoms with van der Waals surface area (Å²) in [5.74, 6) is 0. The van der Waals surface area contributed by atoms with Gasteiger partial charge in [0.15, 0.2) is 0 Å². The van der Waals surface area contributed by atoms with Crippen molar-refractivity contribution in [2.24, 2.45) is 5.41 Å². The molecule has 3 rings (SSSR count). The maximum atomic E-state index is 12.3. The van der Waals surface area contributed by atoms with Gasteiger partial charge in [0.1, 0.15) is 12.7 Å². The number of ether oxygens (including phenoxy) is 1. The normalized spacial score (nSPS) is 26.7. The number of urea groups is 1. The van der Waals surface area contributed by atoms with Crippen LogP contribution in [0.1, 0.15) is 46.0 Å². The average Bonchev–Trinajstić information content (AvgIpc) is 3.18. The Balaban J connectivity index is 1.49. The van der Waals surface area contributed by atoms with Crippen LogP contribution in [0.15, 0.2) is 12.7 Å². The van der Waals surface area contributed by atoms with Gasteiger partial charge >= 0.3 is 6.03 Å². The van der Waals surface area contributed by atoms with Gasteiger partial charge in [-0.25, -0.2) is 9.78 Å². The van der Waals surface area contributed by atoms with Crippen LogP contribution in [0, 0.1) is 5.41 Å². The number of aromatic nitrogens is 3. The van der Waals surface area contributed by atoms with E-state index in [2.05, 4.69) is 20.7 Å². The molecule has 1 spiro atoms. The molecule has 0 saturated heterocycles. The minimum absolute atomic E-state index is 0.000932. The first-order valence-corrected chi connectivity index (χ1v) is 8.65. The molecule has 23 heavy (non-hydrogen) atoms. The van der Waals surface area contributed by atoms with Crippen LogP contribution in [0.2, 0.25) is 0 Å². The van der Waals surface area contributed by atoms with Gasteiger partial charge in [-0.3, -0.25) is 4.68 Å². The number of carbonyl (C=O) groups excluding carboxylic acids is 1. The molecule has 2 fully saturated rings. The Labute approximate surface area is 137 Å². The Morgan fingerprint density at radius 2 is 2.26 bits per heavy atom. The SMILES string of the molecule is CCO[C@@H]1C[C@H](NC(=O)N[C@H](C)Cn2cncn2)C12CCCC2. The number of nitrogens with zero attached hydrogens (tertiary/aromatic N) is 3. The van der Waals surface area contributed by atoms with Crippen molar-refractivity contribution in [1.82, 2.24) is 25.4 Å². The molecule has 0 aliphatic heterocycles. The topological polar surface area (TPSA) is 81.1 Å². The first-order valence-electron chi connectivity index (χ1n) is 8.65. The van der Waals surface area contributed by atoms with Crippen molar-refractivity contribution in [2.75, 3.05) is 6.61 Å². The van der Waals surface area contributed by atoms with Crippen LogP contribution in [-0.2, 0) is 11.3 Å². The van der Waals surface area contributed by atoms with Crippen molar-refractivity contribution < 1.29 is 9.53 Å². The lowest BCUT2D eigenvalue weighted by molar-refractivity contribution is -0.126. The summed E-state index contributed by atoms with van der Waals surface area (Å²) < 4.78 is 7.61. The van der Waals surface area contributed by atoms with E-state index in [4.69, 9.17) is 4.74 Å². The van der Waals surface area contributed by atoms with E-state index in [0.29, 0.717) is 12.6 Å². The van der Waals surface area contributed by atoms with Gasteiger partial charge in [0.2, 0.25) is 0 Å². The van der Waals surface area contributed by atoms with Crippen molar-refractivity contribution in [3.05, 3.63) is 12.7 Å². The third-order valence-electron chi connectivity index (χ3n) is 5.30. The number of rotatable bonds is 6. The highest BCUT2D eigenvalue weighted by Gasteiger charge is 2.57. The molecule has 0 unspecified atom stereocenters. The van der Waals surface area contributed by atoms with E-state index in [1.165, 1.54) is 19.2 Å². The number of amides is 2. The molecule has 3 atom stereocenters. The third-order valence-corrected chi connectivity index (χ3v) is 5.30. The fourth-order valence-corrected chi connectivity index (χ4v) is 4.17.